The quantitative estimate of drug-likeness (QED) is 0.557. The van der Waals surface area contributed by atoms with Gasteiger partial charge in [-0.3, -0.25) is 9.59 Å². The van der Waals surface area contributed by atoms with Crippen molar-refractivity contribution in [3.63, 3.8) is 0 Å². The fourth-order valence-corrected chi connectivity index (χ4v) is 4.73. The van der Waals surface area contributed by atoms with Crippen LogP contribution < -0.4 is 10.2 Å². The first-order valence-electron chi connectivity index (χ1n) is 8.75. The van der Waals surface area contributed by atoms with E-state index in [0.29, 0.717) is 16.7 Å². The summed E-state index contributed by atoms with van der Waals surface area (Å²) in [4.78, 5) is 26.2. The van der Waals surface area contributed by atoms with Gasteiger partial charge in [0.1, 0.15) is 5.82 Å². The average molecular weight is 409 g/mol. The van der Waals surface area contributed by atoms with E-state index in [-0.39, 0.29) is 30.6 Å². The molecule has 1 atom stereocenters. The van der Waals surface area contributed by atoms with Gasteiger partial charge < -0.3 is 10.2 Å². The molecule has 1 aliphatic heterocycles. The van der Waals surface area contributed by atoms with Crippen LogP contribution in [0.4, 0.5) is 15.2 Å². The molecule has 0 spiro atoms. The van der Waals surface area contributed by atoms with Crippen LogP contribution in [-0.4, -0.2) is 34.3 Å². The summed E-state index contributed by atoms with van der Waals surface area (Å²) in [6, 6.07) is 5.68. The fourth-order valence-electron chi connectivity index (χ4n) is 2.66. The summed E-state index contributed by atoms with van der Waals surface area (Å²) in [6.07, 6.45) is 1.22. The predicted molar refractivity (Wildman–Crippen MR) is 106 cm³/mol. The van der Waals surface area contributed by atoms with E-state index in [9.17, 15) is 14.0 Å². The lowest BCUT2D eigenvalue weighted by molar-refractivity contribution is -0.122. The molecule has 144 valence electrons. The second-order valence-electron chi connectivity index (χ2n) is 6.78. The van der Waals surface area contributed by atoms with Crippen LogP contribution in [0.5, 0.6) is 0 Å². The van der Waals surface area contributed by atoms with E-state index >= 15 is 0 Å². The van der Waals surface area contributed by atoms with Crippen LogP contribution in [0.1, 0.15) is 26.7 Å². The van der Waals surface area contributed by atoms with Crippen molar-refractivity contribution in [3.8, 4) is 0 Å². The molecule has 27 heavy (non-hydrogen) atoms. The van der Waals surface area contributed by atoms with Crippen molar-refractivity contribution in [2.24, 2.45) is 11.8 Å². The van der Waals surface area contributed by atoms with Crippen molar-refractivity contribution in [3.05, 3.63) is 30.1 Å². The molecule has 0 aliphatic carbocycles. The molecule has 1 N–H and O–H groups in total. The minimum absolute atomic E-state index is 0.123. The van der Waals surface area contributed by atoms with Crippen LogP contribution in [0, 0.1) is 17.7 Å². The Kier molecular flexibility index (Phi) is 6.43. The number of hydrogen-bond donors (Lipinski definition) is 1. The van der Waals surface area contributed by atoms with Crippen LogP contribution in [-0.2, 0) is 9.59 Å². The summed E-state index contributed by atoms with van der Waals surface area (Å²) >= 11 is 2.97. The zero-order valence-electron chi connectivity index (χ0n) is 15.1. The highest BCUT2D eigenvalue weighted by atomic mass is 32.2. The number of nitrogens with zero attached hydrogens (tertiary/aromatic N) is 3. The van der Waals surface area contributed by atoms with Crippen molar-refractivity contribution in [1.82, 2.24) is 10.2 Å². The topological polar surface area (TPSA) is 75.2 Å². The third-order valence-electron chi connectivity index (χ3n) is 4.19. The average Bonchev–Trinajstić information content (AvgIpc) is 3.22. The van der Waals surface area contributed by atoms with Gasteiger partial charge >= 0.3 is 0 Å². The Morgan fingerprint density at radius 1 is 1.37 bits per heavy atom. The Morgan fingerprint density at radius 3 is 2.81 bits per heavy atom. The van der Waals surface area contributed by atoms with E-state index in [1.807, 2.05) is 0 Å². The first kappa shape index (κ1) is 19.8. The highest BCUT2D eigenvalue weighted by molar-refractivity contribution is 8.01. The van der Waals surface area contributed by atoms with Crippen LogP contribution in [0.2, 0.25) is 0 Å². The van der Waals surface area contributed by atoms with Crippen LogP contribution in [0.15, 0.2) is 28.6 Å². The molecule has 0 unspecified atom stereocenters. The number of amides is 2. The maximum Gasteiger partial charge on any atom is 0.231 e. The molecule has 1 aromatic heterocycles. The molecule has 6 nitrogen and oxygen atoms in total. The molecule has 2 amide bonds. The number of benzene rings is 1. The van der Waals surface area contributed by atoms with Gasteiger partial charge in [0.2, 0.25) is 16.9 Å². The molecule has 1 fully saturated rings. The van der Waals surface area contributed by atoms with Crippen molar-refractivity contribution in [1.29, 1.82) is 0 Å². The van der Waals surface area contributed by atoms with Crippen molar-refractivity contribution in [2.45, 2.75) is 31.0 Å². The second-order valence-corrected chi connectivity index (χ2v) is 9.09. The lowest BCUT2D eigenvalue weighted by Crippen LogP contribution is -2.28. The van der Waals surface area contributed by atoms with E-state index < -0.39 is 5.92 Å². The first-order valence-corrected chi connectivity index (χ1v) is 10.6. The lowest BCUT2D eigenvalue weighted by atomic mass is 10.1. The van der Waals surface area contributed by atoms with Gasteiger partial charge in [0.15, 0.2) is 4.34 Å². The maximum atomic E-state index is 13.1. The molecule has 1 aromatic carbocycles. The van der Waals surface area contributed by atoms with Crippen molar-refractivity contribution >= 4 is 45.7 Å². The summed E-state index contributed by atoms with van der Waals surface area (Å²) in [5.41, 5.74) is 0.594. The normalized spacial score (nSPS) is 17.0. The monoisotopic (exact) mass is 408 g/mol. The number of aromatic nitrogens is 2. The van der Waals surface area contributed by atoms with E-state index in [1.165, 1.54) is 28.4 Å². The van der Waals surface area contributed by atoms with Crippen molar-refractivity contribution < 1.29 is 14.0 Å². The molecule has 0 bridgehead atoms. The Hall–Kier alpha value is -2.00. The summed E-state index contributed by atoms with van der Waals surface area (Å²) < 4.78 is 13.9. The maximum absolute atomic E-state index is 13.1. The number of carbonyl (C=O) groups excluding carboxylic acids is 2. The highest BCUT2D eigenvalue weighted by Gasteiger charge is 2.35. The van der Waals surface area contributed by atoms with E-state index in [0.717, 1.165) is 16.5 Å². The Balaban J connectivity index is 1.55. The SMILES string of the molecule is CC(C)CCSc1nnc(NC(=O)[C@H]2CC(=O)N(c3ccc(F)cc3)C2)s1. The minimum Gasteiger partial charge on any atom is -0.312 e. The molecule has 1 saturated heterocycles. The Bertz CT molecular complexity index is 810. The summed E-state index contributed by atoms with van der Waals surface area (Å²) in [5, 5.41) is 11.3. The number of hydrogen-bond acceptors (Lipinski definition) is 6. The number of thioether (sulfide) groups is 1. The largest absolute Gasteiger partial charge is 0.312 e. The Labute approximate surface area is 165 Å². The highest BCUT2D eigenvalue weighted by Crippen LogP contribution is 2.29. The predicted octanol–water partition coefficient (Wildman–Crippen LogP) is 3.81. The van der Waals surface area contributed by atoms with E-state index in [4.69, 9.17) is 0 Å². The Morgan fingerprint density at radius 2 is 2.11 bits per heavy atom. The smallest absolute Gasteiger partial charge is 0.231 e. The van der Waals surface area contributed by atoms with Gasteiger partial charge in [0, 0.05) is 24.4 Å². The van der Waals surface area contributed by atoms with Crippen LogP contribution in [0.3, 0.4) is 0 Å². The van der Waals surface area contributed by atoms with Gasteiger partial charge in [0.25, 0.3) is 0 Å². The van der Waals surface area contributed by atoms with Gasteiger partial charge in [-0.25, -0.2) is 4.39 Å². The van der Waals surface area contributed by atoms with E-state index in [1.54, 1.807) is 23.9 Å². The third-order valence-corrected chi connectivity index (χ3v) is 6.20. The molecule has 9 heteroatoms. The molecule has 2 aromatic rings. The molecular weight excluding hydrogens is 387 g/mol. The van der Waals surface area contributed by atoms with Crippen LogP contribution in [0.25, 0.3) is 0 Å². The molecular formula is C18H21FN4O2S2. The number of carbonyl (C=O) groups is 2. The molecule has 2 heterocycles. The standard InChI is InChI=1S/C18H21FN4O2S2/c1-11(2)7-8-26-18-22-21-17(27-18)20-16(25)12-9-15(24)23(10-12)14-5-3-13(19)4-6-14/h3-6,11-12H,7-10H2,1-2H3,(H,20,21,25)/t12-/m0/s1. The fraction of sp³-hybridized carbons (Fsp3) is 0.444. The third kappa shape index (κ3) is 5.26. The minimum atomic E-state index is -0.469. The lowest BCUT2D eigenvalue weighted by Gasteiger charge is -2.16. The summed E-state index contributed by atoms with van der Waals surface area (Å²) in [6.45, 7) is 4.61. The van der Waals surface area contributed by atoms with Crippen molar-refractivity contribution in [2.75, 3.05) is 22.5 Å². The summed E-state index contributed by atoms with van der Waals surface area (Å²) in [7, 11) is 0. The van der Waals surface area contributed by atoms with Gasteiger partial charge in [-0.1, -0.05) is 36.9 Å². The zero-order valence-corrected chi connectivity index (χ0v) is 16.8. The molecule has 0 saturated carbocycles. The molecule has 0 radical (unpaired) electrons. The van der Waals surface area contributed by atoms with Gasteiger partial charge in [-0.05, 0) is 36.6 Å². The van der Waals surface area contributed by atoms with Gasteiger partial charge in [0.05, 0.1) is 5.92 Å². The summed E-state index contributed by atoms with van der Waals surface area (Å²) in [5.74, 6) is 0.367. The number of nitrogens with one attached hydrogen (secondary N) is 1. The first-order chi connectivity index (χ1) is 12.9. The zero-order chi connectivity index (χ0) is 19.4. The van der Waals surface area contributed by atoms with Crippen LogP contribution >= 0.6 is 23.1 Å². The van der Waals surface area contributed by atoms with Gasteiger partial charge in [-0.2, -0.15) is 0 Å². The number of rotatable bonds is 7. The number of anilines is 2. The second kappa shape index (κ2) is 8.79. The van der Waals surface area contributed by atoms with E-state index in [2.05, 4.69) is 29.4 Å². The number of halogens is 1. The molecule has 1 aliphatic rings. The van der Waals surface area contributed by atoms with Gasteiger partial charge in [-0.15, -0.1) is 10.2 Å². The molecule has 3 rings (SSSR count).